The van der Waals surface area contributed by atoms with Crippen molar-refractivity contribution < 1.29 is 8.42 Å². The summed E-state index contributed by atoms with van der Waals surface area (Å²) in [7, 11) is -3.11. The van der Waals surface area contributed by atoms with Crippen molar-refractivity contribution in [2.24, 2.45) is 0 Å². The number of rotatable bonds is 4. The predicted octanol–water partition coefficient (Wildman–Crippen LogP) is 1.24. The highest BCUT2D eigenvalue weighted by Gasteiger charge is 2.52. The summed E-state index contributed by atoms with van der Waals surface area (Å²) < 4.78 is 26.0. The highest BCUT2D eigenvalue weighted by atomic mass is 32.2. The average Bonchev–Trinajstić information content (AvgIpc) is 3.20. The fourth-order valence-electron chi connectivity index (χ4n) is 2.57. The molecule has 1 aromatic rings. The quantitative estimate of drug-likeness (QED) is 0.904. The summed E-state index contributed by atoms with van der Waals surface area (Å²) in [6, 6.07) is 3.98. The number of hydrogen-bond acceptors (Lipinski definition) is 5. The van der Waals surface area contributed by atoms with Crippen LogP contribution in [0.15, 0.2) is 18.3 Å². The molecule has 0 unspecified atom stereocenters. The Hall–Kier alpha value is -1.21. The van der Waals surface area contributed by atoms with E-state index in [1.165, 1.54) is 0 Å². The van der Waals surface area contributed by atoms with Crippen molar-refractivity contribution in [1.82, 2.24) is 14.5 Å². The van der Waals surface area contributed by atoms with Crippen LogP contribution in [0.3, 0.4) is 0 Å². The van der Waals surface area contributed by atoms with Gasteiger partial charge in [0.1, 0.15) is 5.82 Å². The molecule has 1 N–H and O–H groups in total. The minimum absolute atomic E-state index is 0.269. The second kappa shape index (κ2) is 4.96. The zero-order valence-corrected chi connectivity index (χ0v) is 12.4. The lowest BCUT2D eigenvalue weighted by molar-refractivity contribution is 0.325. The van der Waals surface area contributed by atoms with E-state index in [2.05, 4.69) is 15.5 Å². The largest absolute Gasteiger partial charge is 0.366 e. The molecule has 2 heterocycles. The number of sulfonamides is 1. The van der Waals surface area contributed by atoms with E-state index in [9.17, 15) is 8.42 Å². The normalized spacial score (nSPS) is 23.4. The van der Waals surface area contributed by atoms with Gasteiger partial charge in [-0.25, -0.2) is 12.7 Å². The summed E-state index contributed by atoms with van der Waals surface area (Å²) in [4.78, 5) is 0. The van der Waals surface area contributed by atoms with Gasteiger partial charge >= 0.3 is 0 Å². The van der Waals surface area contributed by atoms with Gasteiger partial charge in [0, 0.05) is 25.3 Å². The van der Waals surface area contributed by atoms with Crippen LogP contribution in [0.2, 0.25) is 0 Å². The number of nitrogens with one attached hydrogen (secondary N) is 1. The molecule has 1 aromatic heterocycles. The molecule has 110 valence electrons. The van der Waals surface area contributed by atoms with E-state index in [-0.39, 0.29) is 6.04 Å². The van der Waals surface area contributed by atoms with Gasteiger partial charge in [0.25, 0.3) is 0 Å². The summed E-state index contributed by atoms with van der Waals surface area (Å²) in [6.45, 7) is 3.04. The maximum atomic E-state index is 12.4. The second-order valence-electron chi connectivity index (χ2n) is 5.88. The Bertz CT molecular complexity index is 563. The first kappa shape index (κ1) is 13.8. The SMILES string of the molecule is CC1(S(=O)(=O)N2CCC(Nc3cccnn3)CC2)CC1. The van der Waals surface area contributed by atoms with Crippen molar-refractivity contribution >= 4 is 15.8 Å². The molecule has 2 fully saturated rings. The van der Waals surface area contributed by atoms with E-state index in [1.54, 1.807) is 10.5 Å². The summed E-state index contributed by atoms with van der Waals surface area (Å²) in [5.41, 5.74) is 0. The van der Waals surface area contributed by atoms with Crippen LogP contribution in [-0.2, 0) is 10.0 Å². The van der Waals surface area contributed by atoms with Gasteiger partial charge in [0.15, 0.2) is 0 Å². The van der Waals surface area contributed by atoms with Crippen LogP contribution in [0.4, 0.5) is 5.82 Å². The molecule has 2 aliphatic rings. The lowest BCUT2D eigenvalue weighted by atomic mass is 10.1. The first-order valence-corrected chi connectivity index (χ1v) is 8.49. The maximum absolute atomic E-state index is 12.4. The van der Waals surface area contributed by atoms with E-state index >= 15 is 0 Å². The van der Waals surface area contributed by atoms with Crippen LogP contribution in [-0.4, -0.2) is 46.8 Å². The minimum atomic E-state index is -3.11. The van der Waals surface area contributed by atoms with Gasteiger partial charge in [0.2, 0.25) is 10.0 Å². The van der Waals surface area contributed by atoms with Crippen LogP contribution in [0.25, 0.3) is 0 Å². The van der Waals surface area contributed by atoms with Gasteiger partial charge in [-0.3, -0.25) is 0 Å². The number of nitrogens with zero attached hydrogens (tertiary/aromatic N) is 3. The Morgan fingerprint density at radius 1 is 1.35 bits per heavy atom. The zero-order chi connectivity index (χ0) is 14.2. The summed E-state index contributed by atoms with van der Waals surface area (Å²) in [6.07, 6.45) is 4.86. The molecule has 3 rings (SSSR count). The molecule has 0 bridgehead atoms. The van der Waals surface area contributed by atoms with Crippen molar-refractivity contribution in [2.75, 3.05) is 18.4 Å². The lowest BCUT2D eigenvalue weighted by Gasteiger charge is -2.33. The highest BCUT2D eigenvalue weighted by molar-refractivity contribution is 7.90. The molecule has 0 atom stereocenters. The second-order valence-corrected chi connectivity index (χ2v) is 8.33. The van der Waals surface area contributed by atoms with Crippen molar-refractivity contribution in [3.05, 3.63) is 18.3 Å². The van der Waals surface area contributed by atoms with Crippen LogP contribution in [0.5, 0.6) is 0 Å². The molecule has 0 aromatic carbocycles. The Labute approximate surface area is 119 Å². The standard InChI is InChI=1S/C13H20N4O2S/c1-13(6-7-13)20(18,19)17-9-4-11(5-10-17)15-12-3-2-8-14-16-12/h2-3,8,11H,4-7,9-10H2,1H3,(H,15,16). The Morgan fingerprint density at radius 3 is 2.60 bits per heavy atom. The molecule has 20 heavy (non-hydrogen) atoms. The smallest absolute Gasteiger partial charge is 0.219 e. The molecular formula is C13H20N4O2S. The van der Waals surface area contributed by atoms with E-state index in [0.717, 1.165) is 31.5 Å². The van der Waals surface area contributed by atoms with Gasteiger partial charge in [-0.05, 0) is 44.7 Å². The van der Waals surface area contributed by atoms with Crippen molar-refractivity contribution in [3.63, 3.8) is 0 Å². The molecule has 0 amide bonds. The minimum Gasteiger partial charge on any atom is -0.366 e. The van der Waals surface area contributed by atoms with E-state index in [0.29, 0.717) is 13.1 Å². The zero-order valence-electron chi connectivity index (χ0n) is 11.6. The average molecular weight is 296 g/mol. The van der Waals surface area contributed by atoms with Gasteiger partial charge in [-0.2, -0.15) is 5.10 Å². The fraction of sp³-hybridized carbons (Fsp3) is 0.692. The Balaban J connectivity index is 1.57. The molecule has 0 spiro atoms. The highest BCUT2D eigenvalue weighted by Crippen LogP contribution is 2.45. The topological polar surface area (TPSA) is 75.2 Å². The van der Waals surface area contributed by atoms with Gasteiger partial charge in [-0.15, -0.1) is 5.10 Å². The van der Waals surface area contributed by atoms with E-state index in [4.69, 9.17) is 0 Å². The van der Waals surface area contributed by atoms with Gasteiger partial charge in [-0.1, -0.05) is 0 Å². The maximum Gasteiger partial charge on any atom is 0.219 e. The Kier molecular flexibility index (Phi) is 3.41. The van der Waals surface area contributed by atoms with Crippen molar-refractivity contribution in [1.29, 1.82) is 0 Å². The predicted molar refractivity (Wildman–Crippen MR) is 76.8 cm³/mol. The molecule has 1 aliphatic heterocycles. The molecule has 1 saturated carbocycles. The number of aromatic nitrogens is 2. The number of hydrogen-bond donors (Lipinski definition) is 1. The van der Waals surface area contributed by atoms with E-state index in [1.807, 2.05) is 19.1 Å². The van der Waals surface area contributed by atoms with Crippen LogP contribution >= 0.6 is 0 Å². The van der Waals surface area contributed by atoms with Crippen LogP contribution in [0.1, 0.15) is 32.6 Å². The van der Waals surface area contributed by atoms with Crippen LogP contribution in [0, 0.1) is 0 Å². The van der Waals surface area contributed by atoms with Crippen molar-refractivity contribution in [2.45, 2.75) is 43.4 Å². The lowest BCUT2D eigenvalue weighted by Crippen LogP contribution is -2.46. The van der Waals surface area contributed by atoms with Crippen molar-refractivity contribution in [3.8, 4) is 0 Å². The molecule has 1 aliphatic carbocycles. The first-order valence-electron chi connectivity index (χ1n) is 7.05. The molecule has 7 heteroatoms. The third-order valence-electron chi connectivity index (χ3n) is 4.30. The third kappa shape index (κ3) is 2.52. The molecule has 1 saturated heterocycles. The summed E-state index contributed by atoms with van der Waals surface area (Å²) in [5, 5.41) is 11.1. The fourth-order valence-corrected chi connectivity index (χ4v) is 4.51. The third-order valence-corrected chi connectivity index (χ3v) is 6.99. The summed E-state index contributed by atoms with van der Waals surface area (Å²) in [5.74, 6) is 0.753. The number of anilines is 1. The molecule has 0 radical (unpaired) electrons. The molecule has 6 nitrogen and oxygen atoms in total. The van der Waals surface area contributed by atoms with Gasteiger partial charge in [0.05, 0.1) is 4.75 Å². The van der Waals surface area contributed by atoms with E-state index < -0.39 is 14.8 Å². The number of piperidine rings is 1. The van der Waals surface area contributed by atoms with Crippen LogP contribution < -0.4 is 5.32 Å². The van der Waals surface area contributed by atoms with Gasteiger partial charge < -0.3 is 5.32 Å². The summed E-state index contributed by atoms with van der Waals surface area (Å²) >= 11 is 0. The monoisotopic (exact) mass is 296 g/mol. The Morgan fingerprint density at radius 2 is 2.05 bits per heavy atom. The molecular weight excluding hydrogens is 276 g/mol. The first-order chi connectivity index (χ1) is 9.51.